The van der Waals surface area contributed by atoms with Crippen LogP contribution in [0.15, 0.2) is 23.1 Å². The molecule has 7 nitrogen and oxygen atoms in total. The van der Waals surface area contributed by atoms with Crippen LogP contribution in [0.1, 0.15) is 20.7 Å². The molecular weight excluding hydrogens is 506 g/mol. The number of hydrogen-bond donors (Lipinski definition) is 1. The van der Waals surface area contributed by atoms with Crippen LogP contribution in [0.25, 0.3) is 0 Å². The maximum atomic E-state index is 10.7. The van der Waals surface area contributed by atoms with Gasteiger partial charge in [-0.1, -0.05) is 6.07 Å². The predicted octanol–water partition coefficient (Wildman–Crippen LogP) is -8.33. The fraction of sp³-hybridized carbons (Fsp3) is 0. The molecule has 0 saturated carbocycles. The molecule has 18 heavy (non-hydrogen) atoms. The van der Waals surface area contributed by atoms with Gasteiger partial charge < -0.3 is 19.8 Å². The van der Waals surface area contributed by atoms with Crippen LogP contribution in [0, 0.1) is 0 Å². The first-order valence-corrected chi connectivity index (χ1v) is 5.21. The van der Waals surface area contributed by atoms with Gasteiger partial charge in [-0.15, -0.1) is 0 Å². The summed E-state index contributed by atoms with van der Waals surface area (Å²) in [6, 6.07) is 1.92. The van der Waals surface area contributed by atoms with Crippen LogP contribution in [0.4, 0.5) is 0 Å². The maximum absolute atomic E-state index is 10.7. The van der Waals surface area contributed by atoms with Gasteiger partial charge in [0.2, 0.25) is 0 Å². The Bertz CT molecular complexity index is 567. The summed E-state index contributed by atoms with van der Waals surface area (Å²) in [5.41, 5.74) is -1.61. The van der Waals surface area contributed by atoms with E-state index in [-0.39, 0.29) is 138 Å². The van der Waals surface area contributed by atoms with Crippen molar-refractivity contribution in [2.75, 3.05) is 0 Å². The molecule has 0 bridgehead atoms. The molecule has 0 amide bonds. The van der Waals surface area contributed by atoms with Gasteiger partial charge in [-0.25, -0.2) is 0 Å². The molecule has 0 fully saturated rings. The molecular formula is C8H4Cs2O7S. The maximum Gasteiger partial charge on any atom is 1.00 e. The van der Waals surface area contributed by atoms with Crippen molar-refractivity contribution in [3.63, 3.8) is 0 Å². The quantitative estimate of drug-likeness (QED) is 0.400. The third-order valence-corrected chi connectivity index (χ3v) is 2.58. The average Bonchev–Trinajstić information content (AvgIpc) is 2.15. The normalized spacial score (nSPS) is 9.83. The summed E-state index contributed by atoms with van der Waals surface area (Å²) >= 11 is 0. The molecule has 10 heteroatoms. The number of carbonyl (C=O) groups excluding carboxylic acids is 2. The van der Waals surface area contributed by atoms with E-state index >= 15 is 0 Å². The topological polar surface area (TPSA) is 135 Å². The van der Waals surface area contributed by atoms with Crippen LogP contribution < -0.4 is 148 Å². The van der Waals surface area contributed by atoms with Crippen LogP contribution in [0.5, 0.6) is 0 Å². The van der Waals surface area contributed by atoms with E-state index in [1.54, 1.807) is 0 Å². The van der Waals surface area contributed by atoms with Crippen LogP contribution in [-0.2, 0) is 10.1 Å². The summed E-state index contributed by atoms with van der Waals surface area (Å²) in [7, 11) is -4.61. The monoisotopic (exact) mass is 510 g/mol. The number of carboxylic acids is 2. The Balaban J connectivity index is 0. The molecule has 1 aromatic rings. The number of rotatable bonds is 3. The summed E-state index contributed by atoms with van der Waals surface area (Å²) in [6.07, 6.45) is 0. The van der Waals surface area contributed by atoms with Gasteiger partial charge in [0.1, 0.15) is 0 Å². The van der Waals surface area contributed by atoms with E-state index in [0.29, 0.717) is 12.1 Å². The molecule has 0 atom stereocenters. The number of aromatic carboxylic acids is 2. The molecule has 1 rings (SSSR count). The zero-order chi connectivity index (χ0) is 12.5. The Morgan fingerprint density at radius 3 is 1.78 bits per heavy atom. The molecule has 0 heterocycles. The second-order valence-electron chi connectivity index (χ2n) is 2.76. The molecule has 0 aliphatic rings. The molecule has 0 aliphatic carbocycles. The van der Waals surface area contributed by atoms with E-state index in [1.165, 1.54) is 0 Å². The van der Waals surface area contributed by atoms with E-state index in [2.05, 4.69) is 0 Å². The van der Waals surface area contributed by atoms with Gasteiger partial charge in [0.15, 0.2) is 0 Å². The molecule has 86 valence electrons. The number of carbonyl (C=O) groups is 2. The van der Waals surface area contributed by atoms with Gasteiger partial charge in [-0.3, -0.25) is 4.55 Å². The van der Waals surface area contributed by atoms with Crippen LogP contribution >= 0.6 is 0 Å². The number of benzene rings is 1. The van der Waals surface area contributed by atoms with Gasteiger partial charge in [-0.05, 0) is 12.1 Å². The smallest absolute Gasteiger partial charge is 0.545 e. The fourth-order valence-corrected chi connectivity index (χ4v) is 1.54. The summed E-state index contributed by atoms with van der Waals surface area (Å²) < 4.78 is 30.0. The fourth-order valence-electron chi connectivity index (χ4n) is 1.03. The molecule has 0 saturated heterocycles. The molecule has 0 radical (unpaired) electrons. The summed E-state index contributed by atoms with van der Waals surface area (Å²) in [5, 5.41) is 21.0. The van der Waals surface area contributed by atoms with Crippen molar-refractivity contribution >= 4 is 22.1 Å². The minimum absolute atomic E-state index is 0. The van der Waals surface area contributed by atoms with Crippen molar-refractivity contribution < 1.29 is 171 Å². The number of carboxylic acid groups (broad SMARTS) is 2. The van der Waals surface area contributed by atoms with Gasteiger partial charge in [0, 0.05) is 11.1 Å². The van der Waals surface area contributed by atoms with E-state index in [4.69, 9.17) is 4.55 Å². The van der Waals surface area contributed by atoms with Crippen molar-refractivity contribution in [3.8, 4) is 0 Å². The minimum atomic E-state index is -4.61. The summed E-state index contributed by atoms with van der Waals surface area (Å²) in [5.74, 6) is -3.68. The standard InChI is InChI=1S/C8H6O7S.2Cs/c9-7(10)5-2-1-4(16(13,14)15)3-6(5)8(11)12;;/h1-3H,(H,9,10)(H,11,12)(H,13,14,15);;/q;2*+1/p-2. The van der Waals surface area contributed by atoms with Crippen LogP contribution in [0.2, 0.25) is 0 Å². The van der Waals surface area contributed by atoms with Crippen molar-refractivity contribution in [2.24, 2.45) is 0 Å². The van der Waals surface area contributed by atoms with E-state index in [0.717, 1.165) is 6.07 Å². The Labute approximate surface area is 220 Å². The van der Waals surface area contributed by atoms with Gasteiger partial charge in [0.25, 0.3) is 10.1 Å². The Morgan fingerprint density at radius 1 is 1.00 bits per heavy atom. The Morgan fingerprint density at radius 2 is 1.44 bits per heavy atom. The summed E-state index contributed by atoms with van der Waals surface area (Å²) in [4.78, 5) is 20.3. The van der Waals surface area contributed by atoms with Gasteiger partial charge >= 0.3 is 138 Å². The van der Waals surface area contributed by atoms with Crippen molar-refractivity contribution in [2.45, 2.75) is 4.90 Å². The number of hydrogen-bond acceptors (Lipinski definition) is 6. The van der Waals surface area contributed by atoms with Crippen molar-refractivity contribution in [3.05, 3.63) is 29.3 Å². The second-order valence-corrected chi connectivity index (χ2v) is 4.18. The first kappa shape index (κ1) is 22.5. The van der Waals surface area contributed by atoms with Crippen LogP contribution in [0.3, 0.4) is 0 Å². The molecule has 1 N–H and O–H groups in total. The first-order chi connectivity index (χ1) is 7.23. The SMILES string of the molecule is O=C([O-])c1ccc(S(=O)(=O)O)cc1C(=O)[O-].[Cs+].[Cs+]. The predicted molar refractivity (Wildman–Crippen MR) is 44.9 cm³/mol. The zero-order valence-electron chi connectivity index (χ0n) is 9.54. The van der Waals surface area contributed by atoms with Gasteiger partial charge in [0.05, 0.1) is 16.8 Å². The summed E-state index contributed by atoms with van der Waals surface area (Å²) in [6.45, 7) is 0. The molecule has 0 aliphatic heterocycles. The Hall–Kier alpha value is 2.17. The van der Waals surface area contributed by atoms with E-state index < -0.39 is 38.1 Å². The minimum Gasteiger partial charge on any atom is -0.545 e. The molecule has 0 unspecified atom stereocenters. The Kier molecular flexibility index (Phi) is 11.5. The van der Waals surface area contributed by atoms with Crippen molar-refractivity contribution in [1.29, 1.82) is 0 Å². The first-order valence-electron chi connectivity index (χ1n) is 3.77. The third kappa shape index (κ3) is 6.30. The van der Waals surface area contributed by atoms with E-state index in [1.807, 2.05) is 0 Å². The largest absolute Gasteiger partial charge is 1.00 e. The van der Waals surface area contributed by atoms with Crippen molar-refractivity contribution in [1.82, 2.24) is 0 Å². The zero-order valence-corrected chi connectivity index (χ0v) is 22.9. The molecule has 1 aromatic carbocycles. The van der Waals surface area contributed by atoms with Crippen LogP contribution in [-0.4, -0.2) is 24.9 Å². The average molecular weight is 510 g/mol. The van der Waals surface area contributed by atoms with Gasteiger partial charge in [-0.2, -0.15) is 8.42 Å². The second kappa shape index (κ2) is 9.24. The third-order valence-electron chi connectivity index (χ3n) is 1.73. The van der Waals surface area contributed by atoms with E-state index in [9.17, 15) is 28.2 Å². The molecule has 0 aromatic heterocycles. The molecule has 0 spiro atoms.